The van der Waals surface area contributed by atoms with Gasteiger partial charge in [0.1, 0.15) is 0 Å². The third kappa shape index (κ3) is 3.57. The molecule has 3 rings (SSSR count). The Labute approximate surface area is 122 Å². The molecule has 2 aliphatic rings. The lowest BCUT2D eigenvalue weighted by Crippen LogP contribution is -2.38. The number of hydrogen-bond donors (Lipinski definition) is 2. The van der Waals surface area contributed by atoms with E-state index >= 15 is 0 Å². The van der Waals surface area contributed by atoms with Crippen molar-refractivity contribution in [3.8, 4) is 0 Å². The van der Waals surface area contributed by atoms with E-state index in [0.717, 1.165) is 22.0 Å². The zero-order chi connectivity index (χ0) is 13.2. The molecule has 4 heteroatoms. The van der Waals surface area contributed by atoms with E-state index in [9.17, 15) is 4.79 Å². The molecule has 0 unspecified atom stereocenters. The molecule has 0 saturated heterocycles. The first-order chi connectivity index (χ1) is 9.24. The third-order valence-electron chi connectivity index (χ3n) is 3.91. The van der Waals surface area contributed by atoms with Crippen molar-refractivity contribution < 1.29 is 4.79 Å². The first-order valence-corrected chi connectivity index (χ1v) is 7.81. The summed E-state index contributed by atoms with van der Waals surface area (Å²) in [6.07, 6.45) is 5.33. The van der Waals surface area contributed by atoms with Crippen molar-refractivity contribution in [2.75, 3.05) is 11.9 Å². The van der Waals surface area contributed by atoms with E-state index in [-0.39, 0.29) is 5.91 Å². The molecule has 2 N–H and O–H groups in total. The Morgan fingerprint density at radius 1 is 1.21 bits per heavy atom. The summed E-state index contributed by atoms with van der Waals surface area (Å²) in [6, 6.07) is 8.27. The molecule has 3 nitrogen and oxygen atoms in total. The van der Waals surface area contributed by atoms with Gasteiger partial charge in [0.25, 0.3) is 0 Å². The number of anilines is 1. The number of para-hydroxylation sites is 1. The zero-order valence-electron chi connectivity index (χ0n) is 10.9. The van der Waals surface area contributed by atoms with Gasteiger partial charge in [-0.05, 0) is 65.6 Å². The molecule has 0 spiro atoms. The quantitative estimate of drug-likeness (QED) is 0.844. The number of halogens is 1. The van der Waals surface area contributed by atoms with Crippen molar-refractivity contribution >= 4 is 27.5 Å². The maximum Gasteiger partial charge on any atom is 0.238 e. The van der Waals surface area contributed by atoms with Crippen molar-refractivity contribution in [2.24, 2.45) is 11.8 Å². The van der Waals surface area contributed by atoms with E-state index in [0.29, 0.717) is 12.6 Å². The summed E-state index contributed by atoms with van der Waals surface area (Å²) in [5.74, 6) is 1.69. The molecule has 2 fully saturated rings. The van der Waals surface area contributed by atoms with E-state index in [2.05, 4.69) is 26.6 Å². The maximum atomic E-state index is 12.0. The van der Waals surface area contributed by atoms with Gasteiger partial charge in [0.05, 0.1) is 12.2 Å². The van der Waals surface area contributed by atoms with Crippen molar-refractivity contribution in [2.45, 2.75) is 31.7 Å². The molecule has 0 radical (unpaired) electrons. The molecule has 102 valence electrons. The Hall–Kier alpha value is -0.870. The summed E-state index contributed by atoms with van der Waals surface area (Å²) in [5.41, 5.74) is 0.837. The molecule has 0 bridgehead atoms. The van der Waals surface area contributed by atoms with Crippen molar-refractivity contribution in [3.05, 3.63) is 28.7 Å². The average molecular weight is 323 g/mol. The number of carbonyl (C=O) groups excluding carboxylic acids is 1. The van der Waals surface area contributed by atoms with E-state index in [1.165, 1.54) is 25.7 Å². The monoisotopic (exact) mass is 322 g/mol. The van der Waals surface area contributed by atoms with E-state index in [4.69, 9.17) is 0 Å². The fourth-order valence-electron chi connectivity index (χ4n) is 2.60. The highest BCUT2D eigenvalue weighted by Crippen LogP contribution is 2.44. The third-order valence-corrected chi connectivity index (χ3v) is 4.60. The Morgan fingerprint density at radius 2 is 1.84 bits per heavy atom. The van der Waals surface area contributed by atoms with Gasteiger partial charge < -0.3 is 10.6 Å². The van der Waals surface area contributed by atoms with Crippen LogP contribution in [0.15, 0.2) is 28.7 Å². The highest BCUT2D eigenvalue weighted by Gasteiger charge is 2.41. The Bertz CT molecular complexity index is 457. The van der Waals surface area contributed by atoms with Gasteiger partial charge in [-0.2, -0.15) is 0 Å². The maximum absolute atomic E-state index is 12.0. The van der Waals surface area contributed by atoms with Crippen LogP contribution in [0.2, 0.25) is 0 Å². The smallest absolute Gasteiger partial charge is 0.238 e. The minimum atomic E-state index is 0.0400. The number of hydrogen-bond acceptors (Lipinski definition) is 2. The number of nitrogens with one attached hydrogen (secondary N) is 2. The Balaban J connectivity index is 1.49. The zero-order valence-corrected chi connectivity index (χ0v) is 12.4. The fourth-order valence-corrected chi connectivity index (χ4v) is 2.98. The second kappa shape index (κ2) is 5.63. The molecule has 2 saturated carbocycles. The molecule has 2 aliphatic carbocycles. The lowest BCUT2D eigenvalue weighted by Gasteiger charge is -2.17. The molecule has 0 atom stereocenters. The molecular formula is C15H19BrN2O. The highest BCUT2D eigenvalue weighted by molar-refractivity contribution is 9.10. The van der Waals surface area contributed by atoms with E-state index in [1.54, 1.807) is 0 Å². The average Bonchev–Trinajstić information content (AvgIpc) is 3.26. The van der Waals surface area contributed by atoms with Gasteiger partial charge in [0.2, 0.25) is 5.91 Å². The molecular weight excluding hydrogens is 304 g/mol. The second-order valence-corrected chi connectivity index (χ2v) is 6.46. The van der Waals surface area contributed by atoms with Gasteiger partial charge in [-0.1, -0.05) is 12.1 Å². The largest absolute Gasteiger partial charge is 0.324 e. The van der Waals surface area contributed by atoms with Crippen LogP contribution in [0.25, 0.3) is 0 Å². The summed E-state index contributed by atoms with van der Waals surface area (Å²) in [4.78, 5) is 12.0. The van der Waals surface area contributed by atoms with Crippen molar-refractivity contribution in [1.29, 1.82) is 0 Å². The van der Waals surface area contributed by atoms with Crippen LogP contribution in [-0.4, -0.2) is 18.5 Å². The molecule has 0 aromatic heterocycles. The highest BCUT2D eigenvalue weighted by atomic mass is 79.9. The normalized spacial score (nSPS) is 18.6. The van der Waals surface area contributed by atoms with Gasteiger partial charge in [-0.15, -0.1) is 0 Å². The molecule has 1 amide bonds. The fraction of sp³-hybridized carbons (Fsp3) is 0.533. The van der Waals surface area contributed by atoms with Crippen LogP contribution >= 0.6 is 15.9 Å². The molecule has 19 heavy (non-hydrogen) atoms. The number of rotatable bonds is 6. The summed E-state index contributed by atoms with van der Waals surface area (Å²) in [6.45, 7) is 0.416. The molecule has 1 aromatic rings. The Morgan fingerprint density at radius 3 is 2.42 bits per heavy atom. The number of carbonyl (C=O) groups is 1. The van der Waals surface area contributed by atoms with Crippen LogP contribution in [0.4, 0.5) is 5.69 Å². The van der Waals surface area contributed by atoms with E-state index < -0.39 is 0 Å². The van der Waals surface area contributed by atoms with Crippen LogP contribution in [0.5, 0.6) is 0 Å². The standard InChI is InChI=1S/C15H19BrN2O/c16-12-3-1-2-4-13(12)18-14(19)9-17-15(10-5-6-10)11-7-8-11/h1-4,10-11,15,17H,5-9H2,(H,18,19). The topological polar surface area (TPSA) is 41.1 Å². The summed E-state index contributed by atoms with van der Waals surface area (Å²) in [5, 5.41) is 6.39. The van der Waals surface area contributed by atoms with Gasteiger partial charge in [-0.25, -0.2) is 0 Å². The first kappa shape index (κ1) is 13.1. The predicted octanol–water partition coefficient (Wildman–Crippen LogP) is 3.17. The van der Waals surface area contributed by atoms with Crippen LogP contribution in [0.3, 0.4) is 0 Å². The van der Waals surface area contributed by atoms with E-state index in [1.807, 2.05) is 24.3 Å². The number of amides is 1. The second-order valence-electron chi connectivity index (χ2n) is 5.61. The number of benzene rings is 1. The predicted molar refractivity (Wildman–Crippen MR) is 80.0 cm³/mol. The van der Waals surface area contributed by atoms with Crippen LogP contribution < -0.4 is 10.6 Å². The lowest BCUT2D eigenvalue weighted by atomic mass is 10.1. The minimum Gasteiger partial charge on any atom is -0.324 e. The van der Waals surface area contributed by atoms with Crippen molar-refractivity contribution in [1.82, 2.24) is 5.32 Å². The van der Waals surface area contributed by atoms with Gasteiger partial charge in [0, 0.05) is 10.5 Å². The summed E-state index contributed by atoms with van der Waals surface area (Å²) < 4.78 is 0.921. The summed E-state index contributed by atoms with van der Waals surface area (Å²) in [7, 11) is 0. The molecule has 0 heterocycles. The van der Waals surface area contributed by atoms with Gasteiger partial charge in [0.15, 0.2) is 0 Å². The van der Waals surface area contributed by atoms with Crippen LogP contribution in [0, 0.1) is 11.8 Å². The Kier molecular flexibility index (Phi) is 3.89. The van der Waals surface area contributed by atoms with Crippen LogP contribution in [0.1, 0.15) is 25.7 Å². The molecule has 1 aromatic carbocycles. The minimum absolute atomic E-state index is 0.0400. The SMILES string of the molecule is O=C(CNC(C1CC1)C1CC1)Nc1ccccc1Br. The van der Waals surface area contributed by atoms with Crippen LogP contribution in [-0.2, 0) is 4.79 Å². The lowest BCUT2D eigenvalue weighted by molar-refractivity contribution is -0.115. The van der Waals surface area contributed by atoms with Gasteiger partial charge in [-0.3, -0.25) is 4.79 Å². The van der Waals surface area contributed by atoms with Gasteiger partial charge >= 0.3 is 0 Å². The first-order valence-electron chi connectivity index (χ1n) is 7.02. The summed E-state index contributed by atoms with van der Waals surface area (Å²) >= 11 is 3.44. The van der Waals surface area contributed by atoms with Crippen molar-refractivity contribution in [3.63, 3.8) is 0 Å². The molecule has 0 aliphatic heterocycles.